The Hall–Kier alpha value is -2.28. The Labute approximate surface area is 173 Å². The highest BCUT2D eigenvalue weighted by Gasteiger charge is 2.19. The Balaban J connectivity index is 1.14. The number of rotatable bonds is 7. The van der Waals surface area contributed by atoms with Crippen molar-refractivity contribution in [3.05, 3.63) is 35.0 Å². The summed E-state index contributed by atoms with van der Waals surface area (Å²) in [4.78, 5) is 23.2. The van der Waals surface area contributed by atoms with E-state index in [1.807, 2.05) is 19.9 Å². The molecule has 4 rings (SSSR count). The molecule has 1 fully saturated rings. The quantitative estimate of drug-likeness (QED) is 0.667. The lowest BCUT2D eigenvalue weighted by Gasteiger charge is -2.34. The maximum absolute atomic E-state index is 5.84. The van der Waals surface area contributed by atoms with Gasteiger partial charge in [0.1, 0.15) is 0 Å². The van der Waals surface area contributed by atoms with E-state index in [4.69, 9.17) is 4.74 Å². The van der Waals surface area contributed by atoms with E-state index >= 15 is 0 Å². The SMILES string of the molecule is Cc1cc(C)nc(N2CCN(CCCCOc3cnc4c(n3)CCCC4)CC2)n1. The molecule has 0 saturated carbocycles. The van der Waals surface area contributed by atoms with Crippen molar-refractivity contribution < 1.29 is 4.74 Å². The highest BCUT2D eigenvalue weighted by molar-refractivity contribution is 5.32. The third kappa shape index (κ3) is 5.41. The monoisotopic (exact) mass is 396 g/mol. The molecule has 7 heteroatoms. The lowest BCUT2D eigenvalue weighted by Crippen LogP contribution is -2.47. The lowest BCUT2D eigenvalue weighted by atomic mass is 10.0. The van der Waals surface area contributed by atoms with Gasteiger partial charge in [-0.1, -0.05) is 0 Å². The zero-order chi connectivity index (χ0) is 20.1. The van der Waals surface area contributed by atoms with Crippen LogP contribution in [0.15, 0.2) is 12.3 Å². The van der Waals surface area contributed by atoms with Crippen molar-refractivity contribution in [3.8, 4) is 5.88 Å². The van der Waals surface area contributed by atoms with Crippen molar-refractivity contribution in [2.75, 3.05) is 44.2 Å². The number of piperazine rings is 1. The maximum atomic E-state index is 5.84. The predicted molar refractivity (Wildman–Crippen MR) is 114 cm³/mol. The topological polar surface area (TPSA) is 67.3 Å². The normalized spacial score (nSPS) is 17.2. The minimum absolute atomic E-state index is 0.688. The van der Waals surface area contributed by atoms with E-state index in [1.54, 1.807) is 6.20 Å². The molecule has 1 aliphatic heterocycles. The molecule has 0 atom stereocenters. The number of unbranched alkanes of at least 4 members (excludes halogenated alkanes) is 1. The minimum atomic E-state index is 0.688. The highest BCUT2D eigenvalue weighted by atomic mass is 16.5. The summed E-state index contributed by atoms with van der Waals surface area (Å²) >= 11 is 0. The standard InChI is InChI=1S/C22H32N6O/c1-17-15-18(2)25-22(24-17)28-12-10-27(11-13-28)9-5-6-14-29-21-16-23-19-7-3-4-8-20(19)26-21/h15-16H,3-14H2,1-2H3. The fourth-order valence-electron chi connectivity index (χ4n) is 4.13. The molecule has 29 heavy (non-hydrogen) atoms. The highest BCUT2D eigenvalue weighted by Crippen LogP contribution is 2.19. The van der Waals surface area contributed by atoms with Gasteiger partial charge in [-0.25, -0.2) is 15.0 Å². The second-order valence-electron chi connectivity index (χ2n) is 8.14. The first-order valence-electron chi connectivity index (χ1n) is 10.9. The minimum Gasteiger partial charge on any atom is -0.477 e. The van der Waals surface area contributed by atoms with Crippen LogP contribution in [0.3, 0.4) is 0 Å². The number of fused-ring (bicyclic) bond motifs is 1. The van der Waals surface area contributed by atoms with Gasteiger partial charge in [0.2, 0.25) is 11.8 Å². The molecule has 0 unspecified atom stereocenters. The van der Waals surface area contributed by atoms with Gasteiger partial charge in [0.05, 0.1) is 24.2 Å². The van der Waals surface area contributed by atoms with Crippen molar-refractivity contribution in [2.45, 2.75) is 52.4 Å². The first kappa shape index (κ1) is 20.0. The van der Waals surface area contributed by atoms with Crippen LogP contribution < -0.4 is 9.64 Å². The molecule has 0 radical (unpaired) electrons. The van der Waals surface area contributed by atoms with Crippen molar-refractivity contribution in [3.63, 3.8) is 0 Å². The summed E-state index contributed by atoms with van der Waals surface area (Å²) in [5.41, 5.74) is 4.38. The largest absolute Gasteiger partial charge is 0.477 e. The van der Waals surface area contributed by atoms with E-state index in [2.05, 4.69) is 29.7 Å². The van der Waals surface area contributed by atoms with Crippen molar-refractivity contribution in [2.24, 2.45) is 0 Å². The fraction of sp³-hybridized carbons (Fsp3) is 0.636. The maximum Gasteiger partial charge on any atom is 0.232 e. The van der Waals surface area contributed by atoms with Crippen LogP contribution in [0.4, 0.5) is 5.95 Å². The van der Waals surface area contributed by atoms with Gasteiger partial charge in [-0.2, -0.15) is 0 Å². The fourth-order valence-corrected chi connectivity index (χ4v) is 4.13. The Morgan fingerprint density at radius 2 is 1.62 bits per heavy atom. The third-order valence-corrected chi connectivity index (χ3v) is 5.73. The molecule has 0 spiro atoms. The number of anilines is 1. The van der Waals surface area contributed by atoms with Crippen LogP contribution in [0, 0.1) is 13.8 Å². The summed E-state index contributed by atoms with van der Waals surface area (Å²) in [6.45, 7) is 10.00. The Kier molecular flexibility index (Phi) is 6.54. The van der Waals surface area contributed by atoms with Crippen LogP contribution in [0.1, 0.15) is 48.5 Å². The van der Waals surface area contributed by atoms with Gasteiger partial charge in [0.15, 0.2) is 0 Å². The van der Waals surface area contributed by atoms with Gasteiger partial charge in [0, 0.05) is 37.6 Å². The molecule has 0 N–H and O–H groups in total. The van der Waals surface area contributed by atoms with E-state index in [0.717, 1.165) is 87.1 Å². The number of ether oxygens (including phenoxy) is 1. The molecule has 0 aromatic carbocycles. The smallest absolute Gasteiger partial charge is 0.232 e. The Bertz CT molecular complexity index is 799. The van der Waals surface area contributed by atoms with E-state index in [-0.39, 0.29) is 0 Å². The summed E-state index contributed by atoms with van der Waals surface area (Å²) in [5, 5.41) is 0. The second-order valence-corrected chi connectivity index (χ2v) is 8.14. The van der Waals surface area contributed by atoms with Crippen LogP contribution in [-0.2, 0) is 12.8 Å². The molecule has 0 bridgehead atoms. The van der Waals surface area contributed by atoms with Crippen LogP contribution in [0.25, 0.3) is 0 Å². The predicted octanol–water partition coefficient (Wildman–Crippen LogP) is 2.74. The van der Waals surface area contributed by atoms with Crippen molar-refractivity contribution in [1.82, 2.24) is 24.8 Å². The lowest BCUT2D eigenvalue weighted by molar-refractivity contribution is 0.235. The number of nitrogens with zero attached hydrogens (tertiary/aromatic N) is 6. The summed E-state index contributed by atoms with van der Waals surface area (Å²) in [6.07, 6.45) is 8.52. The molecule has 2 aromatic heterocycles. The van der Waals surface area contributed by atoms with Gasteiger partial charge >= 0.3 is 0 Å². The van der Waals surface area contributed by atoms with Gasteiger partial charge in [-0.15, -0.1) is 0 Å². The van der Waals surface area contributed by atoms with Gasteiger partial charge in [-0.05, 0) is 65.0 Å². The average Bonchev–Trinajstić information content (AvgIpc) is 2.73. The summed E-state index contributed by atoms with van der Waals surface area (Å²) in [6, 6.07) is 2.03. The van der Waals surface area contributed by atoms with Crippen molar-refractivity contribution in [1.29, 1.82) is 0 Å². The number of aromatic nitrogens is 4. The van der Waals surface area contributed by atoms with Crippen LogP contribution in [-0.4, -0.2) is 64.2 Å². The molecule has 7 nitrogen and oxygen atoms in total. The van der Waals surface area contributed by atoms with Gasteiger partial charge in [0.25, 0.3) is 0 Å². The van der Waals surface area contributed by atoms with E-state index in [9.17, 15) is 0 Å². The van der Waals surface area contributed by atoms with E-state index in [0.29, 0.717) is 12.5 Å². The molecule has 2 aromatic rings. The molecule has 1 saturated heterocycles. The second kappa shape index (κ2) is 9.48. The van der Waals surface area contributed by atoms with Gasteiger partial charge < -0.3 is 9.64 Å². The first-order valence-corrected chi connectivity index (χ1v) is 10.9. The number of hydrogen-bond acceptors (Lipinski definition) is 7. The zero-order valence-electron chi connectivity index (χ0n) is 17.7. The number of hydrogen-bond donors (Lipinski definition) is 0. The van der Waals surface area contributed by atoms with Crippen LogP contribution in [0.2, 0.25) is 0 Å². The van der Waals surface area contributed by atoms with Crippen LogP contribution >= 0.6 is 0 Å². The zero-order valence-corrected chi connectivity index (χ0v) is 17.7. The molecule has 156 valence electrons. The van der Waals surface area contributed by atoms with Gasteiger partial charge in [-0.3, -0.25) is 9.88 Å². The molecule has 3 heterocycles. The Morgan fingerprint density at radius 1 is 0.897 bits per heavy atom. The van der Waals surface area contributed by atoms with E-state index < -0.39 is 0 Å². The molecule has 2 aliphatic rings. The third-order valence-electron chi connectivity index (χ3n) is 5.73. The van der Waals surface area contributed by atoms with E-state index in [1.165, 1.54) is 12.8 Å². The molecular weight excluding hydrogens is 364 g/mol. The van der Waals surface area contributed by atoms with Crippen LogP contribution in [0.5, 0.6) is 5.88 Å². The average molecular weight is 397 g/mol. The molecule has 0 amide bonds. The summed E-state index contributed by atoms with van der Waals surface area (Å²) in [5.74, 6) is 1.56. The Morgan fingerprint density at radius 3 is 2.38 bits per heavy atom. The number of aryl methyl sites for hydroxylation is 4. The summed E-state index contributed by atoms with van der Waals surface area (Å²) in [7, 11) is 0. The summed E-state index contributed by atoms with van der Waals surface area (Å²) < 4.78 is 5.84. The molecule has 1 aliphatic carbocycles. The van der Waals surface area contributed by atoms with Crippen molar-refractivity contribution >= 4 is 5.95 Å². The molecular formula is C22H32N6O. The first-order chi connectivity index (χ1) is 14.2.